The number of fused-ring (bicyclic) bond motifs is 3. The lowest BCUT2D eigenvalue weighted by atomic mass is 10.1. The van der Waals surface area contributed by atoms with E-state index in [0.29, 0.717) is 5.82 Å². The van der Waals surface area contributed by atoms with Gasteiger partial charge >= 0.3 is 0 Å². The van der Waals surface area contributed by atoms with Crippen LogP contribution < -0.4 is 4.90 Å². The Labute approximate surface area is 196 Å². The van der Waals surface area contributed by atoms with Gasteiger partial charge in [-0.15, -0.1) is 10.2 Å². The number of aliphatic hydroxyl groups is 1. The third kappa shape index (κ3) is 4.76. The molecule has 0 aliphatic heterocycles. The van der Waals surface area contributed by atoms with Crippen molar-refractivity contribution >= 4 is 39.8 Å². The highest BCUT2D eigenvalue weighted by molar-refractivity contribution is 6.31. The van der Waals surface area contributed by atoms with Crippen LogP contribution in [0.15, 0.2) is 30.3 Å². The fourth-order valence-electron chi connectivity index (χ4n) is 3.49. The Morgan fingerprint density at radius 1 is 1.15 bits per heavy atom. The first kappa shape index (κ1) is 23.7. The van der Waals surface area contributed by atoms with Gasteiger partial charge in [-0.25, -0.2) is 17.6 Å². The molecular formula is C23H18ClF4N5O. The molecule has 1 N–H and O–H groups in total. The molecule has 0 unspecified atom stereocenters. The van der Waals surface area contributed by atoms with Crippen LogP contribution in [0.4, 0.5) is 29.1 Å². The van der Waals surface area contributed by atoms with E-state index in [-0.39, 0.29) is 38.8 Å². The Kier molecular flexibility index (Phi) is 6.10. The van der Waals surface area contributed by atoms with E-state index < -0.39 is 30.2 Å². The van der Waals surface area contributed by atoms with Crippen LogP contribution >= 0.6 is 11.6 Å². The van der Waals surface area contributed by atoms with Crippen LogP contribution in [0.25, 0.3) is 16.7 Å². The number of aryl methyl sites for hydroxylation is 1. The molecule has 6 nitrogen and oxygen atoms in total. The topological polar surface area (TPSA) is 66.5 Å². The highest BCUT2D eigenvalue weighted by Crippen LogP contribution is 2.36. The minimum atomic E-state index is -2.88. The fraction of sp³-hybridized carbons (Fsp3) is 0.261. The number of hydrogen-bond acceptors (Lipinski definition) is 5. The lowest BCUT2D eigenvalue weighted by molar-refractivity contribution is 0.143. The van der Waals surface area contributed by atoms with Gasteiger partial charge < -0.3 is 10.0 Å². The number of halogens is 5. The van der Waals surface area contributed by atoms with E-state index in [1.807, 2.05) is 0 Å². The standard InChI is InChI=1S/C23H18ClF4N5O/c1-12-30-31-22-29-21(20-17(26)8-14(24)9-18(20)33(12)22)32(11-19(27)28)16-7-13(6-15(25)10-16)4-5-23(2,3)34/h6-10,19,34H,11H2,1-3H3. The van der Waals surface area contributed by atoms with Crippen LogP contribution in [-0.4, -0.2) is 43.3 Å². The summed E-state index contributed by atoms with van der Waals surface area (Å²) in [5, 5.41) is 17.7. The van der Waals surface area contributed by atoms with Crippen molar-refractivity contribution in [2.75, 3.05) is 11.4 Å². The van der Waals surface area contributed by atoms with Crippen molar-refractivity contribution in [3.05, 3.63) is 58.4 Å². The Balaban J connectivity index is 2.02. The highest BCUT2D eigenvalue weighted by atomic mass is 35.5. The minimum absolute atomic E-state index is 0.0272. The second-order valence-corrected chi connectivity index (χ2v) is 8.55. The summed E-state index contributed by atoms with van der Waals surface area (Å²) in [5.74, 6) is 3.80. The third-order valence-electron chi connectivity index (χ3n) is 4.80. The maximum absolute atomic E-state index is 15.2. The van der Waals surface area contributed by atoms with Crippen molar-refractivity contribution in [3.63, 3.8) is 0 Å². The Hall–Kier alpha value is -3.42. The zero-order valence-electron chi connectivity index (χ0n) is 18.2. The molecule has 0 aliphatic carbocycles. The second-order valence-electron chi connectivity index (χ2n) is 8.11. The van der Waals surface area contributed by atoms with Gasteiger partial charge in [-0.3, -0.25) is 4.40 Å². The van der Waals surface area contributed by atoms with E-state index in [9.17, 15) is 18.3 Å². The third-order valence-corrected chi connectivity index (χ3v) is 5.01. The van der Waals surface area contributed by atoms with Gasteiger partial charge in [-0.05, 0) is 51.1 Å². The van der Waals surface area contributed by atoms with Crippen LogP contribution in [0.5, 0.6) is 0 Å². The number of hydrogen-bond donors (Lipinski definition) is 1. The molecule has 0 amide bonds. The quantitative estimate of drug-likeness (QED) is 0.320. The molecule has 176 valence electrons. The number of alkyl halides is 2. The lowest BCUT2D eigenvalue weighted by Gasteiger charge is -2.25. The molecule has 2 aromatic heterocycles. The highest BCUT2D eigenvalue weighted by Gasteiger charge is 2.25. The molecule has 0 fully saturated rings. The summed E-state index contributed by atoms with van der Waals surface area (Å²) in [7, 11) is 0. The van der Waals surface area contributed by atoms with Crippen LogP contribution in [0.3, 0.4) is 0 Å². The first-order valence-corrected chi connectivity index (χ1v) is 10.4. The smallest absolute Gasteiger partial charge is 0.257 e. The van der Waals surface area contributed by atoms with E-state index in [0.717, 1.165) is 23.1 Å². The van der Waals surface area contributed by atoms with Gasteiger partial charge in [-0.1, -0.05) is 23.4 Å². The van der Waals surface area contributed by atoms with Gasteiger partial charge in [0.25, 0.3) is 12.2 Å². The number of aromatic nitrogens is 4. The Bertz CT molecular complexity index is 1470. The van der Waals surface area contributed by atoms with Crippen LogP contribution in [0, 0.1) is 30.4 Å². The number of nitrogens with zero attached hydrogens (tertiary/aromatic N) is 5. The van der Waals surface area contributed by atoms with Gasteiger partial charge in [0.2, 0.25) is 0 Å². The largest absolute Gasteiger partial charge is 0.378 e. The van der Waals surface area contributed by atoms with Crippen molar-refractivity contribution in [2.24, 2.45) is 0 Å². The van der Waals surface area contributed by atoms with E-state index in [1.165, 1.54) is 30.4 Å². The summed E-state index contributed by atoms with van der Waals surface area (Å²) < 4.78 is 58.4. The summed E-state index contributed by atoms with van der Waals surface area (Å²) in [6.45, 7) is 3.60. The van der Waals surface area contributed by atoms with E-state index in [4.69, 9.17) is 11.6 Å². The molecule has 0 aliphatic rings. The van der Waals surface area contributed by atoms with Crippen LogP contribution in [-0.2, 0) is 0 Å². The monoisotopic (exact) mass is 491 g/mol. The molecule has 2 aromatic carbocycles. The first-order valence-electron chi connectivity index (χ1n) is 10.1. The zero-order chi connectivity index (χ0) is 24.8. The molecule has 0 atom stereocenters. The number of benzene rings is 2. The molecule has 2 heterocycles. The van der Waals surface area contributed by atoms with Crippen molar-refractivity contribution in [1.82, 2.24) is 19.6 Å². The molecule has 4 aromatic rings. The average Bonchev–Trinajstić information content (AvgIpc) is 3.09. The molecule has 34 heavy (non-hydrogen) atoms. The summed E-state index contributed by atoms with van der Waals surface area (Å²) >= 11 is 6.06. The second kappa shape index (κ2) is 8.74. The molecule has 0 saturated heterocycles. The van der Waals surface area contributed by atoms with Crippen molar-refractivity contribution in [1.29, 1.82) is 0 Å². The van der Waals surface area contributed by atoms with Crippen molar-refractivity contribution in [2.45, 2.75) is 32.8 Å². The maximum Gasteiger partial charge on any atom is 0.257 e. The van der Waals surface area contributed by atoms with Gasteiger partial charge in [0, 0.05) is 16.3 Å². The summed E-state index contributed by atoms with van der Waals surface area (Å²) in [4.78, 5) is 5.28. The fourth-order valence-corrected chi connectivity index (χ4v) is 3.69. The first-order chi connectivity index (χ1) is 15.9. The Morgan fingerprint density at radius 3 is 2.56 bits per heavy atom. The predicted octanol–water partition coefficient (Wildman–Crippen LogP) is 5.04. The van der Waals surface area contributed by atoms with Crippen molar-refractivity contribution in [3.8, 4) is 11.8 Å². The summed E-state index contributed by atoms with van der Waals surface area (Å²) in [5.41, 5.74) is -1.05. The molecule has 0 spiro atoms. The van der Waals surface area contributed by atoms with Gasteiger partial charge in [0.15, 0.2) is 0 Å². The van der Waals surface area contributed by atoms with Crippen LogP contribution in [0.2, 0.25) is 5.02 Å². The van der Waals surface area contributed by atoms with Gasteiger partial charge in [0.05, 0.1) is 17.4 Å². The van der Waals surface area contributed by atoms with Gasteiger partial charge in [-0.2, -0.15) is 4.98 Å². The number of anilines is 2. The van der Waals surface area contributed by atoms with Crippen molar-refractivity contribution < 1.29 is 22.7 Å². The maximum atomic E-state index is 15.2. The normalized spacial score (nSPS) is 11.8. The van der Waals surface area contributed by atoms with Crippen LogP contribution in [0.1, 0.15) is 25.2 Å². The lowest BCUT2D eigenvalue weighted by Crippen LogP contribution is -2.26. The van der Waals surface area contributed by atoms with E-state index >= 15 is 4.39 Å². The van der Waals surface area contributed by atoms with E-state index in [1.54, 1.807) is 6.92 Å². The predicted molar refractivity (Wildman–Crippen MR) is 121 cm³/mol. The van der Waals surface area contributed by atoms with Gasteiger partial charge in [0.1, 0.15) is 28.9 Å². The molecule has 4 rings (SSSR count). The Morgan fingerprint density at radius 2 is 1.88 bits per heavy atom. The molecule has 0 saturated carbocycles. The minimum Gasteiger partial charge on any atom is -0.378 e. The molecular weight excluding hydrogens is 474 g/mol. The van der Waals surface area contributed by atoms with E-state index in [2.05, 4.69) is 27.0 Å². The number of rotatable bonds is 4. The average molecular weight is 492 g/mol. The molecule has 0 radical (unpaired) electrons. The molecule has 0 bridgehead atoms. The SMILES string of the molecule is Cc1nnc2nc(N(CC(F)F)c3cc(F)cc(C#CC(C)(C)O)c3)c3c(F)cc(Cl)cc3n12. The molecule has 11 heteroatoms. The zero-order valence-corrected chi connectivity index (χ0v) is 19.0. The summed E-state index contributed by atoms with van der Waals surface area (Å²) in [6.07, 6.45) is -2.88. The summed E-state index contributed by atoms with van der Waals surface area (Å²) in [6, 6.07) is 5.94.